The molecular weight excluding hydrogens is 276 g/mol. The molecule has 0 bridgehead atoms. The van der Waals surface area contributed by atoms with Gasteiger partial charge in [-0.15, -0.1) is 11.3 Å². The third-order valence-electron chi connectivity index (χ3n) is 3.20. The van der Waals surface area contributed by atoms with Gasteiger partial charge in [-0.3, -0.25) is 9.78 Å². The van der Waals surface area contributed by atoms with E-state index in [9.17, 15) is 9.90 Å². The van der Waals surface area contributed by atoms with Crippen molar-refractivity contribution < 1.29 is 14.6 Å². The zero-order valence-corrected chi connectivity index (χ0v) is 11.5. The first-order valence-corrected chi connectivity index (χ1v) is 7.19. The lowest BCUT2D eigenvalue weighted by atomic mass is 10.2. The highest BCUT2D eigenvalue weighted by Gasteiger charge is 2.36. The summed E-state index contributed by atoms with van der Waals surface area (Å²) < 4.78 is 5.73. The molecule has 5 nitrogen and oxygen atoms in total. The predicted molar refractivity (Wildman–Crippen MR) is 74.9 cm³/mol. The molecule has 1 aliphatic rings. The summed E-state index contributed by atoms with van der Waals surface area (Å²) in [5.41, 5.74) is 1.62. The van der Waals surface area contributed by atoms with Gasteiger partial charge in [0.05, 0.1) is 24.8 Å². The van der Waals surface area contributed by atoms with Crippen molar-refractivity contribution in [2.24, 2.45) is 0 Å². The third kappa shape index (κ3) is 2.66. The van der Waals surface area contributed by atoms with Crippen LogP contribution in [-0.4, -0.2) is 46.2 Å². The van der Waals surface area contributed by atoms with Crippen LogP contribution in [0.1, 0.15) is 9.67 Å². The summed E-state index contributed by atoms with van der Waals surface area (Å²) in [6, 6.07) is 9.31. The molecule has 6 heteroatoms. The van der Waals surface area contributed by atoms with Crippen LogP contribution in [-0.2, 0) is 0 Å². The van der Waals surface area contributed by atoms with Gasteiger partial charge < -0.3 is 14.7 Å². The summed E-state index contributed by atoms with van der Waals surface area (Å²) in [4.78, 5) is 18.3. The molecule has 0 spiro atoms. The van der Waals surface area contributed by atoms with Crippen molar-refractivity contribution in [2.45, 2.75) is 12.2 Å². The molecule has 0 radical (unpaired) electrons. The van der Waals surface area contributed by atoms with Gasteiger partial charge in [-0.25, -0.2) is 0 Å². The Bertz CT molecular complexity index is 573. The number of nitrogens with zero attached hydrogens (tertiary/aromatic N) is 2. The molecule has 3 rings (SSSR count). The first-order chi connectivity index (χ1) is 9.74. The second kappa shape index (κ2) is 5.60. The van der Waals surface area contributed by atoms with E-state index in [4.69, 9.17) is 4.74 Å². The van der Waals surface area contributed by atoms with E-state index in [0.29, 0.717) is 17.2 Å². The fraction of sp³-hybridized carbons (Fsp3) is 0.286. The number of hydrogen-bond acceptors (Lipinski definition) is 5. The molecule has 2 heterocycles. The van der Waals surface area contributed by atoms with Crippen molar-refractivity contribution in [2.75, 3.05) is 13.1 Å². The van der Waals surface area contributed by atoms with Crippen molar-refractivity contribution >= 4 is 17.2 Å². The molecule has 1 aliphatic heterocycles. The van der Waals surface area contributed by atoms with E-state index < -0.39 is 12.2 Å². The second-order valence-corrected chi connectivity index (χ2v) is 5.50. The number of aliphatic hydroxyl groups excluding tert-OH is 1. The molecule has 0 aliphatic carbocycles. The van der Waals surface area contributed by atoms with Crippen molar-refractivity contribution in [3.8, 4) is 5.75 Å². The summed E-state index contributed by atoms with van der Waals surface area (Å²) in [7, 11) is 0. The SMILES string of the molecule is O=C(c1cncs1)N1C[C@@H](O)[C@H](Oc2ccccc2)C1. The molecule has 1 aromatic carbocycles. The van der Waals surface area contributed by atoms with E-state index in [1.165, 1.54) is 11.3 Å². The van der Waals surface area contributed by atoms with Crippen LogP contribution in [0.4, 0.5) is 0 Å². The van der Waals surface area contributed by atoms with Crippen LogP contribution in [0, 0.1) is 0 Å². The van der Waals surface area contributed by atoms with Gasteiger partial charge in [0.1, 0.15) is 22.8 Å². The summed E-state index contributed by atoms with van der Waals surface area (Å²) >= 11 is 1.30. The van der Waals surface area contributed by atoms with Gasteiger partial charge in [0.25, 0.3) is 5.91 Å². The average Bonchev–Trinajstić information content (AvgIpc) is 3.10. The molecular formula is C14H14N2O3S. The first-order valence-electron chi connectivity index (χ1n) is 6.31. The van der Waals surface area contributed by atoms with Gasteiger partial charge in [-0.05, 0) is 12.1 Å². The van der Waals surface area contributed by atoms with E-state index >= 15 is 0 Å². The molecule has 1 amide bonds. The van der Waals surface area contributed by atoms with Gasteiger partial charge in [-0.1, -0.05) is 18.2 Å². The van der Waals surface area contributed by atoms with Crippen LogP contribution in [0.3, 0.4) is 0 Å². The number of ether oxygens (including phenoxy) is 1. The van der Waals surface area contributed by atoms with Crippen molar-refractivity contribution in [1.29, 1.82) is 0 Å². The highest BCUT2D eigenvalue weighted by molar-refractivity contribution is 7.11. The normalized spacial score (nSPS) is 21.9. The molecule has 1 saturated heterocycles. The van der Waals surface area contributed by atoms with E-state index in [2.05, 4.69) is 4.98 Å². The Morgan fingerprint density at radius 2 is 2.15 bits per heavy atom. The van der Waals surface area contributed by atoms with Crippen LogP contribution in [0.5, 0.6) is 5.75 Å². The lowest BCUT2D eigenvalue weighted by Crippen LogP contribution is -2.31. The number of aromatic nitrogens is 1. The van der Waals surface area contributed by atoms with Gasteiger partial charge in [-0.2, -0.15) is 0 Å². The van der Waals surface area contributed by atoms with Crippen LogP contribution in [0.15, 0.2) is 42.0 Å². The number of para-hydroxylation sites is 1. The Morgan fingerprint density at radius 1 is 1.35 bits per heavy atom. The molecule has 1 N–H and O–H groups in total. The van der Waals surface area contributed by atoms with Crippen LogP contribution in [0.2, 0.25) is 0 Å². The zero-order chi connectivity index (χ0) is 13.9. The highest BCUT2D eigenvalue weighted by atomic mass is 32.1. The van der Waals surface area contributed by atoms with Crippen LogP contribution < -0.4 is 4.74 Å². The van der Waals surface area contributed by atoms with Gasteiger partial charge in [0.2, 0.25) is 0 Å². The Balaban J connectivity index is 1.66. The predicted octanol–water partition coefficient (Wildman–Crippen LogP) is 1.41. The number of thiazole rings is 1. The molecule has 2 aromatic rings. The Hall–Kier alpha value is -1.92. The maximum atomic E-state index is 12.2. The van der Waals surface area contributed by atoms with Gasteiger partial charge >= 0.3 is 0 Å². The minimum atomic E-state index is -0.674. The van der Waals surface area contributed by atoms with Crippen LogP contribution in [0.25, 0.3) is 0 Å². The fourth-order valence-corrected chi connectivity index (χ4v) is 2.78. The molecule has 0 saturated carbocycles. The van der Waals surface area contributed by atoms with Gasteiger partial charge in [0, 0.05) is 0 Å². The first kappa shape index (κ1) is 13.1. The quantitative estimate of drug-likeness (QED) is 0.928. The second-order valence-electron chi connectivity index (χ2n) is 4.61. The number of β-amino-alcohol motifs (C(OH)–C–C–N with tert-alkyl or cyclic N) is 1. The van der Waals surface area contributed by atoms with Crippen molar-refractivity contribution in [3.05, 3.63) is 46.9 Å². The molecule has 1 aromatic heterocycles. The Kier molecular flexibility index (Phi) is 3.66. The number of amides is 1. The minimum Gasteiger partial charge on any atom is -0.486 e. The topological polar surface area (TPSA) is 62.7 Å². The molecule has 1 fully saturated rings. The van der Waals surface area contributed by atoms with Crippen LogP contribution >= 0.6 is 11.3 Å². The van der Waals surface area contributed by atoms with E-state index in [-0.39, 0.29) is 12.5 Å². The fourth-order valence-electron chi connectivity index (χ4n) is 2.19. The maximum absolute atomic E-state index is 12.2. The minimum absolute atomic E-state index is 0.106. The summed E-state index contributed by atoms with van der Waals surface area (Å²) in [5, 5.41) is 10.0. The standard InChI is InChI=1S/C14H14N2O3S/c17-11-7-16(14(18)13-6-15-9-20-13)8-12(11)19-10-4-2-1-3-5-10/h1-6,9,11-12,17H,7-8H2/t11-,12-/m1/s1. The Labute approximate surface area is 120 Å². The Morgan fingerprint density at radius 3 is 2.85 bits per heavy atom. The number of rotatable bonds is 3. The summed E-state index contributed by atoms with van der Waals surface area (Å²) in [6.07, 6.45) is 0.478. The molecule has 104 valence electrons. The molecule has 2 atom stereocenters. The summed E-state index contributed by atoms with van der Waals surface area (Å²) in [6.45, 7) is 0.668. The van der Waals surface area contributed by atoms with Gasteiger partial charge in [0.15, 0.2) is 0 Å². The third-order valence-corrected chi connectivity index (χ3v) is 3.96. The molecule has 0 unspecified atom stereocenters. The highest BCUT2D eigenvalue weighted by Crippen LogP contribution is 2.21. The monoisotopic (exact) mass is 290 g/mol. The largest absolute Gasteiger partial charge is 0.486 e. The number of likely N-dealkylation sites (tertiary alicyclic amines) is 1. The maximum Gasteiger partial charge on any atom is 0.265 e. The average molecular weight is 290 g/mol. The lowest BCUT2D eigenvalue weighted by Gasteiger charge is -2.16. The van der Waals surface area contributed by atoms with E-state index in [1.807, 2.05) is 30.3 Å². The van der Waals surface area contributed by atoms with Crippen molar-refractivity contribution in [3.63, 3.8) is 0 Å². The number of carbonyl (C=O) groups excluding carboxylic acids is 1. The molecule has 20 heavy (non-hydrogen) atoms. The number of carbonyl (C=O) groups is 1. The van der Waals surface area contributed by atoms with E-state index in [1.54, 1.807) is 16.6 Å². The number of benzene rings is 1. The zero-order valence-electron chi connectivity index (χ0n) is 10.7. The number of aliphatic hydroxyl groups is 1. The smallest absolute Gasteiger partial charge is 0.265 e. The lowest BCUT2D eigenvalue weighted by molar-refractivity contribution is 0.0730. The van der Waals surface area contributed by atoms with E-state index in [0.717, 1.165) is 0 Å². The summed E-state index contributed by atoms with van der Waals surface area (Å²) in [5.74, 6) is 0.592. The number of hydrogen-bond donors (Lipinski definition) is 1. The van der Waals surface area contributed by atoms with Crippen molar-refractivity contribution in [1.82, 2.24) is 9.88 Å².